The van der Waals surface area contributed by atoms with Gasteiger partial charge in [-0.25, -0.2) is 9.18 Å². The second kappa shape index (κ2) is 6.61. The molecular weight excluding hydrogens is 209 g/mol. The Bertz CT molecular complexity index is 360. The van der Waals surface area contributed by atoms with Gasteiger partial charge in [-0.3, -0.25) is 0 Å². The minimum Gasteiger partial charge on any atom is -0.466 e. The molecule has 16 heavy (non-hydrogen) atoms. The fourth-order valence-corrected chi connectivity index (χ4v) is 1.15. The van der Waals surface area contributed by atoms with E-state index in [1.54, 1.807) is 12.1 Å². The maximum atomic E-state index is 12.6. The predicted molar refractivity (Wildman–Crippen MR) is 59.3 cm³/mol. The van der Waals surface area contributed by atoms with Crippen LogP contribution in [0.25, 0.3) is 0 Å². The molecule has 0 fully saturated rings. The van der Waals surface area contributed by atoms with E-state index >= 15 is 0 Å². The summed E-state index contributed by atoms with van der Waals surface area (Å²) in [5.41, 5.74) is 1.04. The van der Waals surface area contributed by atoms with E-state index < -0.39 is 5.97 Å². The average molecular weight is 223 g/mol. The number of esters is 1. The molecule has 1 N–H and O–H groups in total. The van der Waals surface area contributed by atoms with E-state index in [2.05, 4.69) is 10.1 Å². The zero-order chi connectivity index (χ0) is 11.8. The van der Waals surface area contributed by atoms with Gasteiger partial charge in [-0.2, -0.15) is 0 Å². The lowest BCUT2D eigenvalue weighted by Gasteiger charge is -2.01. The van der Waals surface area contributed by atoms with Gasteiger partial charge >= 0.3 is 5.97 Å². The van der Waals surface area contributed by atoms with Crippen molar-refractivity contribution in [3.05, 3.63) is 47.9 Å². The van der Waals surface area contributed by atoms with Gasteiger partial charge in [-0.1, -0.05) is 12.1 Å². The van der Waals surface area contributed by atoms with Crippen molar-refractivity contribution < 1.29 is 13.9 Å². The average Bonchev–Trinajstić information content (AvgIpc) is 2.31. The smallest absolute Gasteiger partial charge is 0.331 e. The second-order valence-electron chi connectivity index (χ2n) is 3.19. The minimum atomic E-state index is -0.394. The first-order valence-corrected chi connectivity index (χ1v) is 4.94. The fourth-order valence-electron chi connectivity index (χ4n) is 1.15. The normalized spacial score (nSPS) is 10.4. The van der Waals surface area contributed by atoms with Crippen LogP contribution in [0.2, 0.25) is 0 Å². The molecule has 1 aromatic carbocycles. The van der Waals surface area contributed by atoms with Gasteiger partial charge in [0.1, 0.15) is 5.82 Å². The Balaban J connectivity index is 2.23. The van der Waals surface area contributed by atoms with Crippen molar-refractivity contribution in [2.75, 3.05) is 13.7 Å². The highest BCUT2D eigenvalue weighted by Crippen LogP contribution is 2.02. The van der Waals surface area contributed by atoms with E-state index in [9.17, 15) is 9.18 Å². The van der Waals surface area contributed by atoms with E-state index in [4.69, 9.17) is 0 Å². The van der Waals surface area contributed by atoms with Gasteiger partial charge in [-0.15, -0.1) is 0 Å². The van der Waals surface area contributed by atoms with Crippen LogP contribution in [0.1, 0.15) is 5.56 Å². The van der Waals surface area contributed by atoms with Crippen LogP contribution >= 0.6 is 0 Å². The number of nitrogens with one attached hydrogen (secondary N) is 1. The maximum Gasteiger partial charge on any atom is 0.331 e. The van der Waals surface area contributed by atoms with Crippen LogP contribution in [0.4, 0.5) is 4.39 Å². The fraction of sp³-hybridized carbons (Fsp3) is 0.250. The van der Waals surface area contributed by atoms with Crippen LogP contribution in [-0.2, 0) is 16.0 Å². The second-order valence-corrected chi connectivity index (χ2v) is 3.19. The molecule has 4 heteroatoms. The number of halogens is 1. The zero-order valence-electron chi connectivity index (χ0n) is 9.07. The monoisotopic (exact) mass is 223 g/mol. The van der Waals surface area contributed by atoms with Gasteiger partial charge in [0.15, 0.2) is 0 Å². The summed E-state index contributed by atoms with van der Waals surface area (Å²) in [7, 11) is 1.32. The molecule has 0 heterocycles. The Labute approximate surface area is 93.9 Å². The highest BCUT2D eigenvalue weighted by Gasteiger charge is 1.93. The number of methoxy groups -OCH3 is 1. The largest absolute Gasteiger partial charge is 0.466 e. The summed E-state index contributed by atoms with van der Waals surface area (Å²) in [6, 6.07) is 6.33. The van der Waals surface area contributed by atoms with Crippen molar-refractivity contribution in [2.45, 2.75) is 6.42 Å². The Morgan fingerprint density at radius 2 is 2.12 bits per heavy atom. The molecule has 0 saturated carbocycles. The molecular formula is C12H14FNO2. The van der Waals surface area contributed by atoms with Gasteiger partial charge in [0.2, 0.25) is 0 Å². The first-order valence-electron chi connectivity index (χ1n) is 4.94. The summed E-state index contributed by atoms with van der Waals surface area (Å²) in [5.74, 6) is -0.628. The third kappa shape index (κ3) is 4.59. The molecule has 0 aromatic heterocycles. The number of benzene rings is 1. The molecule has 0 saturated heterocycles. The van der Waals surface area contributed by atoms with Gasteiger partial charge in [-0.05, 0) is 24.1 Å². The lowest BCUT2D eigenvalue weighted by Crippen LogP contribution is -2.10. The van der Waals surface area contributed by atoms with Crippen LogP contribution in [0.5, 0.6) is 0 Å². The maximum absolute atomic E-state index is 12.6. The Hall–Kier alpha value is -1.84. The van der Waals surface area contributed by atoms with Crippen LogP contribution in [0.3, 0.4) is 0 Å². The molecule has 1 rings (SSSR count). The summed E-state index contributed by atoms with van der Waals surface area (Å²) >= 11 is 0. The SMILES string of the molecule is COC(=O)/C=C/NCCc1ccc(F)cc1. The van der Waals surface area contributed by atoms with Gasteiger partial charge < -0.3 is 10.1 Å². The van der Waals surface area contributed by atoms with E-state index in [0.717, 1.165) is 12.0 Å². The minimum absolute atomic E-state index is 0.234. The molecule has 1 aromatic rings. The number of hydrogen-bond donors (Lipinski definition) is 1. The van der Waals surface area contributed by atoms with Gasteiger partial charge in [0, 0.05) is 18.8 Å². The van der Waals surface area contributed by atoms with Gasteiger partial charge in [0.05, 0.1) is 7.11 Å². The predicted octanol–water partition coefficient (Wildman–Crippen LogP) is 1.64. The number of carbonyl (C=O) groups is 1. The third-order valence-corrected chi connectivity index (χ3v) is 2.01. The molecule has 0 atom stereocenters. The van der Waals surface area contributed by atoms with Crippen molar-refractivity contribution in [1.82, 2.24) is 5.32 Å². The van der Waals surface area contributed by atoms with E-state index in [-0.39, 0.29) is 5.82 Å². The van der Waals surface area contributed by atoms with Crippen LogP contribution < -0.4 is 5.32 Å². The molecule has 0 aliphatic heterocycles. The quantitative estimate of drug-likeness (QED) is 0.468. The first-order chi connectivity index (χ1) is 7.72. The highest BCUT2D eigenvalue weighted by molar-refractivity contribution is 5.81. The Morgan fingerprint density at radius 1 is 1.44 bits per heavy atom. The molecule has 0 bridgehead atoms. The molecule has 0 aliphatic carbocycles. The van der Waals surface area contributed by atoms with Crippen molar-refractivity contribution in [2.24, 2.45) is 0 Å². The van der Waals surface area contributed by atoms with E-state index in [1.807, 2.05) is 0 Å². The zero-order valence-corrected chi connectivity index (χ0v) is 9.07. The molecule has 0 radical (unpaired) electrons. The Kier molecular flexibility index (Phi) is 5.05. The molecule has 0 spiro atoms. The molecule has 0 unspecified atom stereocenters. The summed E-state index contributed by atoms with van der Waals surface area (Å²) in [4.78, 5) is 10.7. The first kappa shape index (κ1) is 12.2. The lowest BCUT2D eigenvalue weighted by atomic mass is 10.1. The lowest BCUT2D eigenvalue weighted by molar-refractivity contribution is -0.134. The van der Waals surface area contributed by atoms with Crippen LogP contribution in [-0.4, -0.2) is 19.6 Å². The molecule has 0 aliphatic rings. The van der Waals surface area contributed by atoms with Crippen molar-refractivity contribution in [3.8, 4) is 0 Å². The number of carbonyl (C=O) groups excluding carboxylic acids is 1. The van der Waals surface area contributed by atoms with Crippen molar-refractivity contribution in [1.29, 1.82) is 0 Å². The summed E-state index contributed by atoms with van der Waals surface area (Å²) in [6.45, 7) is 0.680. The highest BCUT2D eigenvalue weighted by atomic mass is 19.1. The summed E-state index contributed by atoms with van der Waals surface area (Å²) < 4.78 is 17.0. The summed E-state index contributed by atoms with van der Waals surface area (Å²) in [6.07, 6.45) is 3.62. The topological polar surface area (TPSA) is 38.3 Å². The standard InChI is InChI=1S/C12H14FNO2/c1-16-12(15)7-9-14-8-6-10-2-4-11(13)5-3-10/h2-5,7,9,14H,6,8H2,1H3/b9-7+. The number of rotatable bonds is 5. The van der Waals surface area contributed by atoms with Crippen LogP contribution in [0, 0.1) is 5.82 Å². The Morgan fingerprint density at radius 3 is 2.75 bits per heavy atom. The van der Waals surface area contributed by atoms with Crippen molar-refractivity contribution in [3.63, 3.8) is 0 Å². The van der Waals surface area contributed by atoms with Crippen LogP contribution in [0.15, 0.2) is 36.5 Å². The third-order valence-electron chi connectivity index (χ3n) is 2.01. The van der Waals surface area contributed by atoms with E-state index in [1.165, 1.54) is 31.5 Å². The summed E-state index contributed by atoms with van der Waals surface area (Å²) in [5, 5.41) is 2.94. The van der Waals surface area contributed by atoms with Gasteiger partial charge in [0.25, 0.3) is 0 Å². The molecule has 86 valence electrons. The van der Waals surface area contributed by atoms with Crippen molar-refractivity contribution >= 4 is 5.97 Å². The van der Waals surface area contributed by atoms with E-state index in [0.29, 0.717) is 6.54 Å². The number of hydrogen-bond acceptors (Lipinski definition) is 3. The molecule has 3 nitrogen and oxygen atoms in total. The molecule has 0 amide bonds. The number of ether oxygens (including phenoxy) is 1.